The van der Waals surface area contributed by atoms with Crippen LogP contribution in [-0.2, 0) is 9.53 Å². The fourth-order valence-electron chi connectivity index (χ4n) is 3.59. The third-order valence-corrected chi connectivity index (χ3v) is 6.96. The third kappa shape index (κ3) is 3.89. The van der Waals surface area contributed by atoms with Crippen molar-refractivity contribution in [1.29, 1.82) is 0 Å². The molecule has 0 radical (unpaired) electrons. The van der Waals surface area contributed by atoms with E-state index < -0.39 is 12.0 Å². The van der Waals surface area contributed by atoms with Crippen molar-refractivity contribution in [3.05, 3.63) is 77.1 Å². The van der Waals surface area contributed by atoms with Crippen molar-refractivity contribution in [2.75, 3.05) is 20.8 Å². The van der Waals surface area contributed by atoms with Gasteiger partial charge in [0, 0.05) is 16.5 Å². The Morgan fingerprint density at radius 3 is 2.72 bits per heavy atom. The number of allylic oxidation sites excluding steroid dienone is 1. The summed E-state index contributed by atoms with van der Waals surface area (Å²) in [5.41, 5.74) is 1.46. The second kappa shape index (κ2) is 9.13. The first-order valence-corrected chi connectivity index (χ1v) is 11.6. The molecule has 0 bridgehead atoms. The van der Waals surface area contributed by atoms with E-state index in [0.29, 0.717) is 32.1 Å². The molecule has 3 heterocycles. The van der Waals surface area contributed by atoms with Gasteiger partial charge in [-0.1, -0.05) is 17.4 Å². The van der Waals surface area contributed by atoms with Crippen LogP contribution in [0.4, 0.5) is 0 Å². The van der Waals surface area contributed by atoms with Gasteiger partial charge >= 0.3 is 5.97 Å². The van der Waals surface area contributed by atoms with Gasteiger partial charge in [0.25, 0.3) is 5.56 Å². The number of nitrogens with zero attached hydrogens (tertiary/aromatic N) is 2. The van der Waals surface area contributed by atoms with E-state index in [2.05, 4.69) is 4.99 Å². The second-order valence-electron chi connectivity index (χ2n) is 6.93. The van der Waals surface area contributed by atoms with Gasteiger partial charge in [0.05, 0.1) is 36.6 Å². The highest BCUT2D eigenvalue weighted by Gasteiger charge is 2.33. The Balaban J connectivity index is 1.92. The van der Waals surface area contributed by atoms with Crippen molar-refractivity contribution in [3.8, 4) is 11.5 Å². The zero-order valence-corrected chi connectivity index (χ0v) is 19.7. The van der Waals surface area contributed by atoms with Crippen LogP contribution < -0.4 is 24.4 Å². The van der Waals surface area contributed by atoms with Crippen molar-refractivity contribution in [2.45, 2.75) is 19.9 Å². The molecule has 166 valence electrons. The molecule has 0 N–H and O–H groups in total. The summed E-state index contributed by atoms with van der Waals surface area (Å²) in [5, 5.41) is 1.92. The molecule has 0 aliphatic carbocycles. The highest BCUT2D eigenvalue weighted by atomic mass is 32.1. The minimum absolute atomic E-state index is 0.223. The molecule has 3 aromatic rings. The largest absolute Gasteiger partial charge is 0.497 e. The molecule has 9 heteroatoms. The first-order chi connectivity index (χ1) is 15.5. The zero-order chi connectivity index (χ0) is 22.8. The van der Waals surface area contributed by atoms with Crippen LogP contribution >= 0.6 is 22.7 Å². The van der Waals surface area contributed by atoms with Gasteiger partial charge in [-0.15, -0.1) is 11.3 Å². The van der Waals surface area contributed by atoms with E-state index in [1.807, 2.05) is 29.6 Å². The van der Waals surface area contributed by atoms with Gasteiger partial charge in [0.15, 0.2) is 4.80 Å². The lowest BCUT2D eigenvalue weighted by Gasteiger charge is -2.23. The van der Waals surface area contributed by atoms with Crippen LogP contribution in [0.15, 0.2) is 56.8 Å². The Kier molecular flexibility index (Phi) is 6.29. The van der Waals surface area contributed by atoms with Crippen LogP contribution in [0.2, 0.25) is 0 Å². The number of rotatable bonds is 6. The molecular weight excluding hydrogens is 448 g/mol. The Labute approximate surface area is 192 Å². The average Bonchev–Trinajstić information content (AvgIpc) is 3.42. The first-order valence-electron chi connectivity index (χ1n) is 9.93. The topological polar surface area (TPSA) is 79.1 Å². The summed E-state index contributed by atoms with van der Waals surface area (Å²) in [6.07, 6.45) is 1.77. The Hall–Kier alpha value is -3.17. The summed E-state index contributed by atoms with van der Waals surface area (Å²) in [4.78, 5) is 32.3. The molecule has 0 saturated carbocycles. The molecule has 32 heavy (non-hydrogen) atoms. The van der Waals surface area contributed by atoms with Crippen LogP contribution in [0.25, 0.3) is 6.08 Å². The van der Waals surface area contributed by atoms with Gasteiger partial charge in [-0.25, -0.2) is 9.79 Å². The number of thiazole rings is 1. The number of carbonyl (C=O) groups excluding carboxylic acids is 1. The third-order valence-electron chi connectivity index (χ3n) is 5.06. The zero-order valence-electron chi connectivity index (χ0n) is 18.1. The number of methoxy groups -OCH3 is 2. The average molecular weight is 471 g/mol. The molecule has 0 fully saturated rings. The smallest absolute Gasteiger partial charge is 0.338 e. The molecule has 1 aromatic carbocycles. The molecule has 1 unspecified atom stereocenters. The van der Waals surface area contributed by atoms with Crippen LogP contribution in [-0.4, -0.2) is 31.4 Å². The molecule has 1 aliphatic rings. The summed E-state index contributed by atoms with van der Waals surface area (Å²) >= 11 is 2.76. The number of thiophene rings is 1. The maximum Gasteiger partial charge on any atom is 0.338 e. The lowest BCUT2D eigenvalue weighted by molar-refractivity contribution is -0.139. The maximum atomic E-state index is 13.5. The minimum atomic E-state index is -0.579. The molecule has 0 saturated heterocycles. The number of fused-ring (bicyclic) bond motifs is 1. The van der Waals surface area contributed by atoms with Crippen molar-refractivity contribution in [1.82, 2.24) is 4.57 Å². The molecule has 1 atom stereocenters. The maximum absolute atomic E-state index is 13.5. The number of hydrogen-bond donors (Lipinski definition) is 0. The van der Waals surface area contributed by atoms with Crippen molar-refractivity contribution < 1.29 is 19.0 Å². The minimum Gasteiger partial charge on any atom is -0.497 e. The predicted molar refractivity (Wildman–Crippen MR) is 124 cm³/mol. The molecule has 7 nitrogen and oxygen atoms in total. The molecule has 2 aromatic heterocycles. The van der Waals surface area contributed by atoms with E-state index in [1.165, 1.54) is 22.7 Å². The van der Waals surface area contributed by atoms with Gasteiger partial charge < -0.3 is 14.2 Å². The number of carbonyl (C=O) groups is 1. The van der Waals surface area contributed by atoms with Gasteiger partial charge in [0.1, 0.15) is 17.5 Å². The fraction of sp³-hybridized carbons (Fsp3) is 0.261. The number of aromatic nitrogens is 1. The van der Waals surface area contributed by atoms with E-state index in [-0.39, 0.29) is 12.2 Å². The molecular formula is C23H22N2O5S2. The molecule has 0 amide bonds. The normalized spacial score (nSPS) is 15.9. The van der Waals surface area contributed by atoms with Crippen molar-refractivity contribution in [3.63, 3.8) is 0 Å². The van der Waals surface area contributed by atoms with Crippen LogP contribution in [0.3, 0.4) is 0 Å². The predicted octanol–water partition coefficient (Wildman–Crippen LogP) is 2.88. The number of hydrogen-bond acceptors (Lipinski definition) is 8. The lowest BCUT2D eigenvalue weighted by atomic mass is 10.0. The second-order valence-corrected chi connectivity index (χ2v) is 8.91. The van der Waals surface area contributed by atoms with Crippen molar-refractivity contribution in [2.24, 2.45) is 4.99 Å². The first kappa shape index (κ1) is 22.0. The quantitative estimate of drug-likeness (QED) is 0.518. The van der Waals surface area contributed by atoms with Gasteiger partial charge in [-0.3, -0.25) is 9.36 Å². The monoisotopic (exact) mass is 470 g/mol. The number of ether oxygens (including phenoxy) is 3. The van der Waals surface area contributed by atoms with E-state index >= 15 is 0 Å². The SMILES string of the molecule is CCOC(=O)C1=C(C)N=c2s/c(=C\c3ccc(OC)cc3OC)c(=O)n2C1c1cccs1. The van der Waals surface area contributed by atoms with Crippen LogP contribution in [0.5, 0.6) is 11.5 Å². The molecule has 0 spiro atoms. The Morgan fingerprint density at radius 1 is 1.25 bits per heavy atom. The van der Waals surface area contributed by atoms with Gasteiger partial charge in [0.2, 0.25) is 0 Å². The Bertz CT molecular complexity index is 1370. The summed E-state index contributed by atoms with van der Waals surface area (Å²) in [5.74, 6) is 0.791. The highest BCUT2D eigenvalue weighted by molar-refractivity contribution is 7.10. The van der Waals surface area contributed by atoms with E-state index in [1.54, 1.807) is 44.8 Å². The van der Waals surface area contributed by atoms with Gasteiger partial charge in [-0.2, -0.15) is 0 Å². The standard InChI is InChI=1S/C23H22N2O5S2/c1-5-30-22(27)19-13(2)24-23-25(20(19)17-7-6-10-31-17)21(26)18(32-23)11-14-8-9-15(28-3)12-16(14)29-4/h6-12,20H,5H2,1-4H3/b18-11-. The lowest BCUT2D eigenvalue weighted by Crippen LogP contribution is -2.39. The fourth-order valence-corrected chi connectivity index (χ4v) is 5.45. The summed E-state index contributed by atoms with van der Waals surface area (Å²) in [6.45, 7) is 3.77. The van der Waals surface area contributed by atoms with Gasteiger partial charge in [-0.05, 0) is 43.5 Å². The van der Waals surface area contributed by atoms with E-state index in [9.17, 15) is 9.59 Å². The van der Waals surface area contributed by atoms with Crippen LogP contribution in [0, 0.1) is 0 Å². The van der Waals surface area contributed by atoms with E-state index in [0.717, 1.165) is 10.4 Å². The molecule has 1 aliphatic heterocycles. The number of benzene rings is 1. The Morgan fingerprint density at radius 2 is 2.06 bits per heavy atom. The summed E-state index contributed by atoms with van der Waals surface area (Å²) < 4.78 is 18.1. The molecule has 4 rings (SSSR count). The number of esters is 1. The van der Waals surface area contributed by atoms with Crippen LogP contribution in [0.1, 0.15) is 30.3 Å². The highest BCUT2D eigenvalue weighted by Crippen LogP contribution is 2.33. The van der Waals surface area contributed by atoms with E-state index in [4.69, 9.17) is 14.2 Å². The van der Waals surface area contributed by atoms with Crippen molar-refractivity contribution >= 4 is 34.7 Å². The summed E-state index contributed by atoms with van der Waals surface area (Å²) in [6, 6.07) is 8.64. The summed E-state index contributed by atoms with van der Waals surface area (Å²) in [7, 11) is 3.15.